The van der Waals surface area contributed by atoms with E-state index in [2.05, 4.69) is 31.7 Å². The van der Waals surface area contributed by atoms with Gasteiger partial charge in [-0.05, 0) is 59.5 Å². The van der Waals surface area contributed by atoms with Crippen LogP contribution in [0.5, 0.6) is 0 Å². The minimum absolute atomic E-state index is 0.0477. The van der Waals surface area contributed by atoms with Gasteiger partial charge in [0.25, 0.3) is 5.91 Å². The first kappa shape index (κ1) is 21.9. The predicted molar refractivity (Wildman–Crippen MR) is 128 cm³/mol. The van der Waals surface area contributed by atoms with Gasteiger partial charge >= 0.3 is 0 Å². The Morgan fingerprint density at radius 3 is 2.17 bits per heavy atom. The maximum atomic E-state index is 13.1. The van der Waals surface area contributed by atoms with Crippen molar-refractivity contribution in [3.63, 3.8) is 0 Å². The van der Waals surface area contributed by atoms with Gasteiger partial charge in [-0.15, -0.1) is 0 Å². The predicted octanol–water partition coefficient (Wildman–Crippen LogP) is 7.87. The Hall–Kier alpha value is -2.84. The van der Waals surface area contributed by atoms with E-state index in [1.165, 1.54) is 5.56 Å². The van der Waals surface area contributed by atoms with Gasteiger partial charge in [0.05, 0.1) is 6.54 Å². The van der Waals surface area contributed by atoms with Gasteiger partial charge < -0.3 is 4.90 Å². The Bertz CT molecular complexity index is 1050. The van der Waals surface area contributed by atoms with Crippen LogP contribution in [-0.4, -0.2) is 5.91 Å². The molecule has 0 spiro atoms. The van der Waals surface area contributed by atoms with Gasteiger partial charge in [0, 0.05) is 22.2 Å². The fourth-order valence-corrected chi connectivity index (χ4v) is 3.79. The molecule has 0 saturated carbocycles. The van der Waals surface area contributed by atoms with Gasteiger partial charge in [0.15, 0.2) is 0 Å². The van der Waals surface area contributed by atoms with E-state index in [4.69, 9.17) is 11.6 Å². The zero-order chi connectivity index (χ0) is 21.8. The van der Waals surface area contributed by atoms with Crippen LogP contribution < -0.4 is 4.90 Å². The average molecular weight is 418 g/mol. The van der Waals surface area contributed by atoms with E-state index in [0.717, 1.165) is 33.5 Å². The van der Waals surface area contributed by atoms with Crippen molar-refractivity contribution in [1.82, 2.24) is 0 Å². The molecule has 3 aromatic rings. The number of rotatable bonds is 4. The fourth-order valence-electron chi connectivity index (χ4n) is 3.67. The smallest absolute Gasteiger partial charge is 0.258 e. The Morgan fingerprint density at radius 1 is 0.967 bits per heavy atom. The third-order valence-corrected chi connectivity index (χ3v) is 5.82. The number of halogens is 1. The highest BCUT2D eigenvalue weighted by Crippen LogP contribution is 2.36. The van der Waals surface area contributed by atoms with Crippen molar-refractivity contribution in [3.8, 4) is 11.1 Å². The lowest BCUT2D eigenvalue weighted by molar-refractivity contribution is 0.0996. The van der Waals surface area contributed by atoms with Crippen LogP contribution in [0.1, 0.15) is 55.1 Å². The molecule has 1 aliphatic heterocycles. The molecule has 0 bridgehead atoms. The van der Waals surface area contributed by atoms with E-state index in [0.29, 0.717) is 17.5 Å². The van der Waals surface area contributed by atoms with Gasteiger partial charge in [-0.3, -0.25) is 4.79 Å². The van der Waals surface area contributed by atoms with Gasteiger partial charge in [0.2, 0.25) is 0 Å². The van der Waals surface area contributed by atoms with Crippen LogP contribution >= 0.6 is 11.6 Å². The van der Waals surface area contributed by atoms with Crippen LogP contribution in [0.25, 0.3) is 11.1 Å². The van der Waals surface area contributed by atoms with E-state index in [-0.39, 0.29) is 5.91 Å². The van der Waals surface area contributed by atoms with Crippen LogP contribution in [0.2, 0.25) is 5.02 Å². The van der Waals surface area contributed by atoms with Crippen LogP contribution in [0.4, 0.5) is 5.69 Å². The zero-order valence-electron chi connectivity index (χ0n) is 18.1. The Morgan fingerprint density at radius 2 is 1.57 bits per heavy atom. The van der Waals surface area contributed by atoms with Crippen molar-refractivity contribution < 1.29 is 4.79 Å². The molecule has 1 heterocycles. The number of carbonyl (C=O) groups is 1. The number of carbonyl (C=O) groups excluding carboxylic acids is 1. The summed E-state index contributed by atoms with van der Waals surface area (Å²) in [6.07, 6.45) is 0. The summed E-state index contributed by atoms with van der Waals surface area (Å²) < 4.78 is 0. The number of fused-ring (bicyclic) bond motifs is 1. The summed E-state index contributed by atoms with van der Waals surface area (Å²) in [7, 11) is 0. The summed E-state index contributed by atoms with van der Waals surface area (Å²) >= 11 is 6.03. The Balaban J connectivity index is 0.00000124. The van der Waals surface area contributed by atoms with E-state index in [1.807, 2.05) is 74.2 Å². The first-order valence-electron chi connectivity index (χ1n) is 10.4. The maximum absolute atomic E-state index is 13.1. The van der Waals surface area contributed by atoms with Crippen molar-refractivity contribution in [2.45, 2.75) is 40.2 Å². The third-order valence-electron chi connectivity index (χ3n) is 5.57. The van der Waals surface area contributed by atoms with E-state index >= 15 is 0 Å². The molecule has 1 atom stereocenters. The Labute approximate surface area is 184 Å². The normalized spacial score (nSPS) is 13.4. The number of amides is 1. The quantitative estimate of drug-likeness (QED) is 0.395. The summed E-state index contributed by atoms with van der Waals surface area (Å²) in [6.45, 7) is 12.8. The molecule has 2 nitrogen and oxygen atoms in total. The van der Waals surface area contributed by atoms with Crippen molar-refractivity contribution in [2.24, 2.45) is 0 Å². The summed E-state index contributed by atoms with van der Waals surface area (Å²) in [5, 5.41) is 0.707. The minimum atomic E-state index is 0.0477. The third kappa shape index (κ3) is 4.20. The molecule has 30 heavy (non-hydrogen) atoms. The molecule has 4 rings (SSSR count). The molecule has 0 saturated heterocycles. The largest absolute Gasteiger partial charge is 0.304 e. The fraction of sp³-hybridized carbons (Fsp3) is 0.222. The molecule has 0 aromatic heterocycles. The molecule has 154 valence electrons. The topological polar surface area (TPSA) is 20.3 Å². The minimum Gasteiger partial charge on any atom is -0.304 e. The molecular weight excluding hydrogens is 390 g/mol. The van der Waals surface area contributed by atoms with Gasteiger partial charge in [0.1, 0.15) is 0 Å². The highest BCUT2D eigenvalue weighted by Gasteiger charge is 2.30. The van der Waals surface area contributed by atoms with Gasteiger partial charge in [-0.25, -0.2) is 0 Å². The molecule has 0 fully saturated rings. The SMILES string of the molecule is C=C(C)C(C)c1ccc(N2Cc3c(cccc3-c3ccc(Cl)cc3)C2=O)cc1.CC. The molecule has 0 aliphatic carbocycles. The second-order valence-corrected chi connectivity index (χ2v) is 7.83. The summed E-state index contributed by atoms with van der Waals surface area (Å²) in [5.41, 5.74) is 7.24. The molecule has 3 heteroatoms. The molecule has 1 amide bonds. The lowest BCUT2D eigenvalue weighted by Gasteiger charge is -2.18. The lowest BCUT2D eigenvalue weighted by Crippen LogP contribution is -2.22. The molecule has 0 N–H and O–H groups in total. The first-order valence-corrected chi connectivity index (χ1v) is 10.8. The van der Waals surface area contributed by atoms with Crippen LogP contribution in [0, 0.1) is 0 Å². The maximum Gasteiger partial charge on any atom is 0.258 e. The zero-order valence-corrected chi connectivity index (χ0v) is 18.8. The van der Waals surface area contributed by atoms with Crippen LogP contribution in [0.15, 0.2) is 78.9 Å². The second kappa shape index (κ2) is 9.32. The van der Waals surface area contributed by atoms with E-state index < -0.39 is 0 Å². The number of hydrogen-bond acceptors (Lipinski definition) is 1. The number of benzene rings is 3. The van der Waals surface area contributed by atoms with Crippen LogP contribution in [0.3, 0.4) is 0 Å². The lowest BCUT2D eigenvalue weighted by atomic mass is 9.95. The second-order valence-electron chi connectivity index (χ2n) is 7.39. The summed E-state index contributed by atoms with van der Waals surface area (Å²) in [5.74, 6) is 0.351. The van der Waals surface area contributed by atoms with Crippen molar-refractivity contribution in [3.05, 3.63) is 101 Å². The average Bonchev–Trinajstić information content (AvgIpc) is 3.12. The number of hydrogen-bond donors (Lipinski definition) is 0. The van der Waals surface area contributed by atoms with Crippen molar-refractivity contribution in [2.75, 3.05) is 4.90 Å². The molecular formula is C27H28ClNO. The van der Waals surface area contributed by atoms with E-state index in [9.17, 15) is 4.79 Å². The van der Waals surface area contributed by atoms with Crippen molar-refractivity contribution >= 4 is 23.2 Å². The van der Waals surface area contributed by atoms with Gasteiger partial charge in [-0.2, -0.15) is 0 Å². The van der Waals surface area contributed by atoms with E-state index in [1.54, 1.807) is 0 Å². The summed E-state index contributed by atoms with van der Waals surface area (Å²) in [6, 6.07) is 21.9. The number of anilines is 1. The monoisotopic (exact) mass is 417 g/mol. The molecule has 1 aliphatic rings. The molecule has 1 unspecified atom stereocenters. The highest BCUT2D eigenvalue weighted by atomic mass is 35.5. The molecule has 0 radical (unpaired) electrons. The highest BCUT2D eigenvalue weighted by molar-refractivity contribution is 6.30. The standard InChI is InChI=1S/C25H22ClNO.C2H6/c1-16(2)17(3)18-9-13-21(14-10-18)27-15-24-22(5-4-6-23(24)25(27)28)19-7-11-20(26)12-8-19;1-2/h4-14,17H,1,15H2,2-3H3;1-2H3. The number of allylic oxidation sites excluding steroid dienone is 1. The first-order chi connectivity index (χ1) is 14.5. The Kier molecular flexibility index (Phi) is 6.79. The van der Waals surface area contributed by atoms with Gasteiger partial charge in [-0.1, -0.05) is 80.9 Å². The molecule has 3 aromatic carbocycles. The summed E-state index contributed by atoms with van der Waals surface area (Å²) in [4.78, 5) is 14.9. The van der Waals surface area contributed by atoms with Crippen LogP contribution in [-0.2, 0) is 6.54 Å². The number of nitrogens with zero attached hydrogens (tertiary/aromatic N) is 1. The van der Waals surface area contributed by atoms with Crippen molar-refractivity contribution in [1.29, 1.82) is 0 Å².